The normalized spacial score (nSPS) is 11.9. The van der Waals surface area contributed by atoms with Crippen molar-refractivity contribution in [3.63, 3.8) is 0 Å². The monoisotopic (exact) mass is 779 g/mol. The van der Waals surface area contributed by atoms with Crippen molar-refractivity contribution >= 4 is 66.7 Å². The molecule has 52 heavy (non-hydrogen) atoms. The van der Waals surface area contributed by atoms with Crippen LogP contribution < -0.4 is 13.2 Å². The molecule has 0 unspecified atom stereocenters. The minimum absolute atomic E-state index is 0.372. The van der Waals surface area contributed by atoms with Gasteiger partial charge in [-0.1, -0.05) is 30.3 Å². The van der Waals surface area contributed by atoms with Crippen molar-refractivity contribution in [2.75, 3.05) is 0 Å². The molecule has 9 aromatic rings. The van der Waals surface area contributed by atoms with E-state index in [1.54, 1.807) is 0 Å². The Labute approximate surface area is 319 Å². The van der Waals surface area contributed by atoms with Crippen LogP contribution in [0.1, 0.15) is 0 Å². The zero-order chi connectivity index (χ0) is 34.6. The Morgan fingerprint density at radius 1 is 0.288 bits per heavy atom. The molecular formula is C50H31Ge2. The van der Waals surface area contributed by atoms with Gasteiger partial charge in [0.1, 0.15) is 0 Å². The topological polar surface area (TPSA) is 0 Å². The Morgan fingerprint density at radius 3 is 1.48 bits per heavy atom. The van der Waals surface area contributed by atoms with Gasteiger partial charge in [0.2, 0.25) is 0 Å². The molecule has 0 saturated carbocycles. The predicted molar refractivity (Wildman–Crippen MR) is 224 cm³/mol. The quantitative estimate of drug-likeness (QED) is 0.121. The number of rotatable bonds is 5. The van der Waals surface area contributed by atoms with E-state index in [1.165, 1.54) is 101 Å². The van der Waals surface area contributed by atoms with Gasteiger partial charge >= 0.3 is 291 Å². The van der Waals surface area contributed by atoms with Gasteiger partial charge in [0, 0.05) is 0 Å². The molecule has 1 aliphatic heterocycles. The van der Waals surface area contributed by atoms with Crippen molar-refractivity contribution in [2.45, 2.75) is 0 Å². The third-order valence-corrected chi connectivity index (χ3v) is 14.4. The van der Waals surface area contributed by atoms with E-state index in [0.717, 1.165) is 0 Å². The maximum absolute atomic E-state index is 2.49. The van der Waals surface area contributed by atoms with Gasteiger partial charge < -0.3 is 0 Å². The van der Waals surface area contributed by atoms with Gasteiger partial charge in [0.15, 0.2) is 0 Å². The molecular weight excluding hydrogens is 746 g/mol. The molecule has 9 aromatic carbocycles. The summed E-state index contributed by atoms with van der Waals surface area (Å²) in [6.45, 7) is 0. The fraction of sp³-hybridized carbons (Fsp3) is 0. The summed E-state index contributed by atoms with van der Waals surface area (Å²) in [7, 11) is 0. The van der Waals surface area contributed by atoms with E-state index in [-0.39, 0.29) is 15.4 Å². The fourth-order valence-corrected chi connectivity index (χ4v) is 11.8. The third kappa shape index (κ3) is 5.20. The van der Waals surface area contributed by atoms with Crippen LogP contribution in [0.5, 0.6) is 0 Å². The first-order valence-corrected chi connectivity index (χ1v) is 20.9. The van der Waals surface area contributed by atoms with E-state index in [1.807, 2.05) is 0 Å². The molecule has 0 aliphatic carbocycles. The van der Waals surface area contributed by atoms with E-state index in [4.69, 9.17) is 0 Å². The van der Waals surface area contributed by atoms with Crippen molar-refractivity contribution < 1.29 is 0 Å². The van der Waals surface area contributed by atoms with Gasteiger partial charge in [-0.15, -0.1) is 0 Å². The van der Waals surface area contributed by atoms with Crippen LogP contribution in [0.2, 0.25) is 0 Å². The Balaban J connectivity index is 1.28. The summed E-state index contributed by atoms with van der Waals surface area (Å²) in [6, 6.07) is 69.9. The summed E-state index contributed by atoms with van der Waals surface area (Å²) < 4.78 is 4.34. The van der Waals surface area contributed by atoms with Crippen LogP contribution in [0.3, 0.4) is 0 Å². The van der Waals surface area contributed by atoms with Crippen LogP contribution in [0.25, 0.3) is 88.3 Å². The average Bonchev–Trinajstić information content (AvgIpc) is 3.59. The average molecular weight is 777 g/mol. The second-order valence-electron chi connectivity index (χ2n) is 13.5. The number of hydrogen-bond donors (Lipinski definition) is 0. The van der Waals surface area contributed by atoms with Gasteiger partial charge in [-0.2, -0.15) is 0 Å². The van der Waals surface area contributed by atoms with E-state index >= 15 is 0 Å². The first kappa shape index (κ1) is 31.3. The summed E-state index contributed by atoms with van der Waals surface area (Å²) in [5, 5.41) is 5.11. The number of fused-ring (bicyclic) bond motifs is 5. The molecule has 0 N–H and O–H groups in total. The van der Waals surface area contributed by atoms with E-state index < -0.39 is 0 Å². The second kappa shape index (κ2) is 13.0. The molecule has 1 aliphatic rings. The molecule has 239 valence electrons. The van der Waals surface area contributed by atoms with E-state index in [9.17, 15) is 0 Å². The maximum atomic E-state index is 2.49. The predicted octanol–water partition coefficient (Wildman–Crippen LogP) is 10.8. The Morgan fingerprint density at radius 2 is 0.769 bits per heavy atom. The Bertz CT molecular complexity index is 2810. The van der Waals surface area contributed by atoms with Crippen molar-refractivity contribution in [3.8, 4) is 66.8 Å². The van der Waals surface area contributed by atoms with Crippen LogP contribution in [0.15, 0.2) is 188 Å². The fourth-order valence-electron chi connectivity index (χ4n) is 8.20. The van der Waals surface area contributed by atoms with Gasteiger partial charge in [-0.05, 0) is 0 Å². The van der Waals surface area contributed by atoms with E-state index in [2.05, 4.69) is 205 Å². The number of hydrogen-bond acceptors (Lipinski definition) is 0. The summed E-state index contributed by atoms with van der Waals surface area (Å²) in [5.74, 6) is 0. The molecule has 10 rings (SSSR count). The van der Waals surface area contributed by atoms with Crippen LogP contribution in [0.4, 0.5) is 0 Å². The van der Waals surface area contributed by atoms with Crippen LogP contribution in [-0.4, -0.2) is 31.9 Å². The van der Waals surface area contributed by atoms with Gasteiger partial charge in [-0.25, -0.2) is 0 Å². The van der Waals surface area contributed by atoms with E-state index in [0.29, 0.717) is 0 Å². The van der Waals surface area contributed by atoms with Crippen LogP contribution in [0, 0.1) is 0 Å². The number of benzene rings is 9. The summed E-state index contributed by atoms with van der Waals surface area (Å²) >= 11 is 1.84. The molecule has 0 nitrogen and oxygen atoms in total. The first-order chi connectivity index (χ1) is 25.7. The summed E-state index contributed by atoms with van der Waals surface area (Å²) in [5.41, 5.74) is 15.5. The molecule has 5 radical (unpaired) electrons. The van der Waals surface area contributed by atoms with Crippen molar-refractivity contribution in [1.82, 2.24) is 0 Å². The Kier molecular flexibility index (Phi) is 7.82. The Hall–Kier alpha value is -5.41. The molecule has 0 aromatic heterocycles. The molecule has 0 fully saturated rings. The van der Waals surface area contributed by atoms with Crippen LogP contribution >= 0.6 is 0 Å². The first-order valence-electron chi connectivity index (χ1n) is 17.8. The molecule has 0 amide bonds. The molecule has 2 heteroatoms. The van der Waals surface area contributed by atoms with Crippen LogP contribution in [-0.2, 0) is 0 Å². The summed E-state index contributed by atoms with van der Waals surface area (Å²) in [4.78, 5) is 0. The molecule has 0 spiro atoms. The van der Waals surface area contributed by atoms with Gasteiger partial charge in [0.25, 0.3) is 0 Å². The van der Waals surface area contributed by atoms with Crippen molar-refractivity contribution in [3.05, 3.63) is 188 Å². The molecule has 0 saturated heterocycles. The summed E-state index contributed by atoms with van der Waals surface area (Å²) in [6.07, 6.45) is 0. The van der Waals surface area contributed by atoms with Crippen molar-refractivity contribution in [2.24, 2.45) is 0 Å². The zero-order valence-electron chi connectivity index (χ0n) is 28.4. The second-order valence-corrected chi connectivity index (χ2v) is 17.4. The van der Waals surface area contributed by atoms with Gasteiger partial charge in [-0.3, -0.25) is 0 Å². The van der Waals surface area contributed by atoms with Crippen molar-refractivity contribution in [1.29, 1.82) is 0 Å². The molecule has 0 bridgehead atoms. The SMILES string of the molecule is [Ge][c]1ccccc1-c1ccccc1-c1cccc2c(-c3ccc(-c4ccccc4)cc3)c3cccc(-c4ccc[c]5c4-c4cccc[c]4[Ge]5)c3cc12. The third-order valence-electron chi connectivity index (χ3n) is 10.6. The minimum atomic E-state index is -0.372. The molecule has 0 atom stereocenters. The zero-order valence-corrected chi connectivity index (χ0v) is 32.6. The van der Waals surface area contributed by atoms with Gasteiger partial charge in [0.05, 0.1) is 0 Å². The standard InChI is InChI=1S/C50H31Ge2/c51-46-24-8-6-17-39(46)36-16-5-4-15-35(36)37-19-10-21-41-44(37)31-45-38(40-23-12-26-48-50(40)43-18-7-9-25-47(43)52-48)20-11-22-42(45)49(41)34-29-27-33(28-30-34)32-13-2-1-3-14-32/h1-31H. The molecule has 1 heterocycles.